The van der Waals surface area contributed by atoms with Crippen molar-refractivity contribution < 1.29 is 4.79 Å². The van der Waals surface area contributed by atoms with Crippen molar-refractivity contribution in [2.75, 3.05) is 10.6 Å². The fraction of sp³-hybridized carbons (Fsp3) is 0.200. The van der Waals surface area contributed by atoms with Gasteiger partial charge < -0.3 is 5.32 Å². The van der Waals surface area contributed by atoms with Crippen molar-refractivity contribution in [3.63, 3.8) is 0 Å². The van der Waals surface area contributed by atoms with Gasteiger partial charge in [0.2, 0.25) is 0 Å². The number of halogens is 1. The molecule has 0 aliphatic heterocycles. The maximum Gasteiger partial charge on any atom is 0.324 e. The van der Waals surface area contributed by atoms with Gasteiger partial charge in [-0.2, -0.15) is 5.26 Å². The lowest BCUT2D eigenvalue weighted by molar-refractivity contribution is 0.262. The van der Waals surface area contributed by atoms with E-state index in [1.165, 1.54) is 16.2 Å². The van der Waals surface area contributed by atoms with Crippen molar-refractivity contribution in [2.24, 2.45) is 0 Å². The number of rotatable bonds is 2. The molecule has 0 unspecified atom stereocenters. The van der Waals surface area contributed by atoms with Crippen LogP contribution in [-0.2, 0) is 12.8 Å². The molecule has 1 aliphatic rings. The van der Waals surface area contributed by atoms with Crippen LogP contribution in [-0.4, -0.2) is 6.03 Å². The SMILES string of the molecule is N#Cc1c(NC(=O)Nc2ccc(Cl)cc2)sc2c1CCC2. The number of carbonyl (C=O) groups excluding carboxylic acids is 1. The van der Waals surface area contributed by atoms with Crippen molar-refractivity contribution in [3.8, 4) is 6.07 Å². The average molecular weight is 318 g/mol. The van der Waals surface area contributed by atoms with Crippen molar-refractivity contribution in [1.82, 2.24) is 0 Å². The van der Waals surface area contributed by atoms with Gasteiger partial charge in [0.15, 0.2) is 0 Å². The number of hydrogen-bond donors (Lipinski definition) is 2. The van der Waals surface area contributed by atoms with Crippen LogP contribution in [0.2, 0.25) is 5.02 Å². The number of aryl methyl sites for hydroxylation is 1. The van der Waals surface area contributed by atoms with Crippen LogP contribution in [0, 0.1) is 11.3 Å². The molecule has 0 bridgehead atoms. The molecule has 0 radical (unpaired) electrons. The van der Waals surface area contributed by atoms with Gasteiger partial charge in [-0.1, -0.05) is 11.6 Å². The molecule has 0 spiro atoms. The predicted molar refractivity (Wildman–Crippen MR) is 85.2 cm³/mol. The van der Waals surface area contributed by atoms with Crippen LogP contribution in [0.4, 0.5) is 15.5 Å². The van der Waals surface area contributed by atoms with E-state index in [1.807, 2.05) is 0 Å². The second kappa shape index (κ2) is 5.76. The summed E-state index contributed by atoms with van der Waals surface area (Å²) in [5.41, 5.74) is 2.36. The summed E-state index contributed by atoms with van der Waals surface area (Å²) in [5, 5.41) is 16.0. The highest BCUT2D eigenvalue weighted by atomic mass is 35.5. The quantitative estimate of drug-likeness (QED) is 0.861. The highest BCUT2D eigenvalue weighted by molar-refractivity contribution is 7.16. The molecule has 1 heterocycles. The van der Waals surface area contributed by atoms with Gasteiger partial charge in [0, 0.05) is 15.6 Å². The molecule has 0 fully saturated rings. The largest absolute Gasteiger partial charge is 0.324 e. The summed E-state index contributed by atoms with van der Waals surface area (Å²) in [4.78, 5) is 13.2. The molecule has 6 heteroatoms. The summed E-state index contributed by atoms with van der Waals surface area (Å²) in [6.07, 6.45) is 3.01. The van der Waals surface area contributed by atoms with E-state index in [0.29, 0.717) is 21.3 Å². The minimum atomic E-state index is -0.353. The van der Waals surface area contributed by atoms with E-state index < -0.39 is 0 Å². The van der Waals surface area contributed by atoms with E-state index in [4.69, 9.17) is 11.6 Å². The van der Waals surface area contributed by atoms with Gasteiger partial charge in [0.25, 0.3) is 0 Å². The molecular weight excluding hydrogens is 306 g/mol. The van der Waals surface area contributed by atoms with Gasteiger partial charge in [-0.25, -0.2) is 4.79 Å². The Morgan fingerprint density at radius 2 is 2.00 bits per heavy atom. The highest BCUT2D eigenvalue weighted by Gasteiger charge is 2.22. The number of amides is 2. The lowest BCUT2D eigenvalue weighted by Crippen LogP contribution is -2.19. The maximum absolute atomic E-state index is 12.0. The third-order valence-electron chi connectivity index (χ3n) is 3.36. The first-order valence-corrected chi connectivity index (χ1v) is 7.75. The molecule has 2 aromatic rings. The highest BCUT2D eigenvalue weighted by Crippen LogP contribution is 2.38. The molecule has 0 atom stereocenters. The molecule has 3 rings (SSSR count). The predicted octanol–water partition coefficient (Wildman–Crippen LogP) is 4.41. The Morgan fingerprint density at radius 1 is 1.24 bits per heavy atom. The van der Waals surface area contributed by atoms with E-state index >= 15 is 0 Å². The maximum atomic E-state index is 12.0. The molecule has 2 N–H and O–H groups in total. The third kappa shape index (κ3) is 2.87. The monoisotopic (exact) mass is 317 g/mol. The summed E-state index contributed by atoms with van der Waals surface area (Å²) < 4.78 is 0. The van der Waals surface area contributed by atoms with Crippen LogP contribution < -0.4 is 10.6 Å². The number of benzene rings is 1. The number of fused-ring (bicyclic) bond motifs is 1. The van der Waals surface area contributed by atoms with E-state index in [0.717, 1.165) is 24.8 Å². The summed E-state index contributed by atoms with van der Waals surface area (Å²) >= 11 is 7.30. The van der Waals surface area contributed by atoms with Gasteiger partial charge in [0.05, 0.1) is 5.56 Å². The molecule has 2 amide bonds. The van der Waals surface area contributed by atoms with E-state index in [1.54, 1.807) is 24.3 Å². The van der Waals surface area contributed by atoms with Gasteiger partial charge in [0.1, 0.15) is 11.1 Å². The molecule has 4 nitrogen and oxygen atoms in total. The van der Waals surface area contributed by atoms with Crippen LogP contribution in [0.1, 0.15) is 22.4 Å². The number of nitrogens with zero attached hydrogens (tertiary/aromatic N) is 1. The number of nitriles is 1. The van der Waals surface area contributed by atoms with Crippen molar-refractivity contribution in [3.05, 3.63) is 45.3 Å². The Bertz CT molecular complexity index is 731. The Morgan fingerprint density at radius 3 is 2.71 bits per heavy atom. The molecule has 1 aliphatic carbocycles. The molecule has 106 valence electrons. The summed E-state index contributed by atoms with van der Waals surface area (Å²) in [7, 11) is 0. The zero-order chi connectivity index (χ0) is 14.8. The van der Waals surface area contributed by atoms with Gasteiger partial charge in [-0.3, -0.25) is 5.32 Å². The Balaban J connectivity index is 1.73. The molecule has 1 aromatic heterocycles. The number of carbonyl (C=O) groups is 1. The van der Waals surface area contributed by atoms with Crippen LogP contribution in [0.25, 0.3) is 0 Å². The Kier molecular flexibility index (Phi) is 3.82. The molecular formula is C15H12ClN3OS. The van der Waals surface area contributed by atoms with Gasteiger partial charge >= 0.3 is 6.03 Å². The first kappa shape index (κ1) is 13.9. The summed E-state index contributed by atoms with van der Waals surface area (Å²) in [6.45, 7) is 0. The molecule has 1 aromatic carbocycles. The first-order chi connectivity index (χ1) is 10.2. The second-order valence-electron chi connectivity index (χ2n) is 4.76. The van der Waals surface area contributed by atoms with Crippen molar-refractivity contribution in [2.45, 2.75) is 19.3 Å². The molecule has 0 saturated carbocycles. The fourth-order valence-corrected chi connectivity index (χ4v) is 3.77. The van der Waals surface area contributed by atoms with E-state index in [9.17, 15) is 10.1 Å². The Hall–Kier alpha value is -2.03. The minimum absolute atomic E-state index is 0.353. The van der Waals surface area contributed by atoms with Gasteiger partial charge in [-0.05, 0) is 49.1 Å². The zero-order valence-corrected chi connectivity index (χ0v) is 12.6. The van der Waals surface area contributed by atoms with Crippen LogP contribution in [0.15, 0.2) is 24.3 Å². The third-order valence-corrected chi connectivity index (χ3v) is 4.82. The van der Waals surface area contributed by atoms with Crippen molar-refractivity contribution in [1.29, 1.82) is 5.26 Å². The number of thiophene rings is 1. The fourth-order valence-electron chi connectivity index (χ4n) is 2.41. The van der Waals surface area contributed by atoms with Crippen LogP contribution in [0.3, 0.4) is 0 Å². The van der Waals surface area contributed by atoms with Gasteiger partial charge in [-0.15, -0.1) is 11.3 Å². The number of nitrogens with one attached hydrogen (secondary N) is 2. The topological polar surface area (TPSA) is 64.9 Å². The summed E-state index contributed by atoms with van der Waals surface area (Å²) in [6, 6.07) is 8.71. The minimum Gasteiger partial charge on any atom is -0.308 e. The number of urea groups is 1. The molecule has 0 saturated heterocycles. The van der Waals surface area contributed by atoms with Crippen LogP contribution >= 0.6 is 22.9 Å². The number of hydrogen-bond acceptors (Lipinski definition) is 3. The van der Waals surface area contributed by atoms with Crippen LogP contribution in [0.5, 0.6) is 0 Å². The van der Waals surface area contributed by atoms with Crippen molar-refractivity contribution >= 4 is 39.7 Å². The Labute approximate surface area is 131 Å². The zero-order valence-electron chi connectivity index (χ0n) is 11.1. The first-order valence-electron chi connectivity index (χ1n) is 6.55. The standard InChI is InChI=1S/C15H12ClN3OS/c16-9-4-6-10(7-5-9)18-15(20)19-14-12(8-17)11-2-1-3-13(11)21-14/h4-7H,1-3H2,(H2,18,19,20). The number of anilines is 2. The van der Waals surface area contributed by atoms with E-state index in [-0.39, 0.29) is 6.03 Å². The average Bonchev–Trinajstić information content (AvgIpc) is 3.01. The smallest absolute Gasteiger partial charge is 0.308 e. The normalized spacial score (nSPS) is 12.6. The molecule has 21 heavy (non-hydrogen) atoms. The summed E-state index contributed by atoms with van der Waals surface area (Å²) in [5.74, 6) is 0. The lowest BCUT2D eigenvalue weighted by Gasteiger charge is -2.06. The van der Waals surface area contributed by atoms with E-state index in [2.05, 4.69) is 16.7 Å². The second-order valence-corrected chi connectivity index (χ2v) is 6.30. The lowest BCUT2D eigenvalue weighted by atomic mass is 10.1.